The Hall–Kier alpha value is -2.17. The van der Waals surface area contributed by atoms with Gasteiger partial charge >= 0.3 is 12.1 Å². The Balaban J connectivity index is 2.88. The van der Waals surface area contributed by atoms with Crippen LogP contribution < -0.4 is 15.8 Å². The van der Waals surface area contributed by atoms with Gasteiger partial charge in [0.05, 0.1) is 10.9 Å². The van der Waals surface area contributed by atoms with Gasteiger partial charge in [-0.25, -0.2) is 13.2 Å². The molecule has 10 heteroatoms. The standard InChI is InChI=1S/C22H37N3O6S/c1-13(2)18(24-21(27)31-22(6,7)8)12-30-20(26)17(11-23)25-32(28,29)19-15(4)9-14(3)10-16(19)5/h9-10,13,17-18,25H,11-12,23H2,1-8H3,(H,24,27). The molecule has 1 amide bonds. The van der Waals surface area contributed by atoms with E-state index in [1.807, 2.05) is 20.8 Å². The third kappa shape index (κ3) is 8.40. The molecular weight excluding hydrogens is 434 g/mol. The lowest BCUT2D eigenvalue weighted by molar-refractivity contribution is -0.146. The Bertz CT molecular complexity index is 899. The number of benzene rings is 1. The van der Waals surface area contributed by atoms with E-state index < -0.39 is 39.8 Å². The van der Waals surface area contributed by atoms with Crippen molar-refractivity contribution in [1.82, 2.24) is 10.0 Å². The van der Waals surface area contributed by atoms with E-state index in [2.05, 4.69) is 10.0 Å². The predicted octanol–water partition coefficient (Wildman–Crippen LogP) is 2.31. The first-order valence-corrected chi connectivity index (χ1v) is 12.0. The van der Waals surface area contributed by atoms with E-state index >= 15 is 0 Å². The first kappa shape index (κ1) is 27.9. The zero-order chi connectivity index (χ0) is 24.9. The summed E-state index contributed by atoms with van der Waals surface area (Å²) >= 11 is 0. The van der Waals surface area contributed by atoms with Crippen LogP contribution in [0.4, 0.5) is 4.79 Å². The second-order valence-electron chi connectivity index (χ2n) is 9.26. The average Bonchev–Trinajstić information content (AvgIpc) is 2.59. The van der Waals surface area contributed by atoms with Gasteiger partial charge in [0.15, 0.2) is 0 Å². The molecule has 0 saturated heterocycles. The predicted molar refractivity (Wildman–Crippen MR) is 123 cm³/mol. The third-order valence-corrected chi connectivity index (χ3v) is 6.38. The maximum Gasteiger partial charge on any atom is 0.407 e. The van der Waals surface area contributed by atoms with E-state index in [1.165, 1.54) is 0 Å². The average molecular weight is 472 g/mol. The van der Waals surface area contributed by atoms with Gasteiger partial charge in [-0.1, -0.05) is 31.5 Å². The number of alkyl carbamates (subject to hydrolysis) is 1. The first-order valence-electron chi connectivity index (χ1n) is 10.5. The van der Waals surface area contributed by atoms with Crippen molar-refractivity contribution in [2.24, 2.45) is 11.7 Å². The molecule has 1 rings (SSSR count). The Labute approximate surface area is 191 Å². The summed E-state index contributed by atoms with van der Waals surface area (Å²) in [5.41, 5.74) is 7.06. The summed E-state index contributed by atoms with van der Waals surface area (Å²) in [4.78, 5) is 24.7. The summed E-state index contributed by atoms with van der Waals surface area (Å²) in [5.74, 6) is -0.892. The highest BCUT2D eigenvalue weighted by atomic mass is 32.2. The summed E-state index contributed by atoms with van der Waals surface area (Å²) in [6.07, 6.45) is -0.631. The number of aryl methyl sites for hydroxylation is 3. The van der Waals surface area contributed by atoms with Gasteiger partial charge < -0.3 is 20.5 Å². The minimum Gasteiger partial charge on any atom is -0.462 e. The van der Waals surface area contributed by atoms with E-state index in [0.29, 0.717) is 11.1 Å². The SMILES string of the molecule is Cc1cc(C)c(S(=O)(=O)NC(CN)C(=O)OCC(NC(=O)OC(C)(C)C)C(C)C)c(C)c1. The molecule has 0 radical (unpaired) electrons. The summed E-state index contributed by atoms with van der Waals surface area (Å²) < 4.78 is 38.7. The van der Waals surface area contributed by atoms with Crippen LogP contribution in [0.1, 0.15) is 51.3 Å². The highest BCUT2D eigenvalue weighted by Crippen LogP contribution is 2.22. The smallest absolute Gasteiger partial charge is 0.407 e. The van der Waals surface area contributed by atoms with E-state index in [0.717, 1.165) is 5.56 Å². The second kappa shape index (κ2) is 11.1. The first-order chi connectivity index (χ1) is 14.6. The number of amides is 1. The van der Waals surface area contributed by atoms with Gasteiger partial charge in [0.1, 0.15) is 18.2 Å². The van der Waals surface area contributed by atoms with Crippen LogP contribution in [0.25, 0.3) is 0 Å². The molecule has 0 spiro atoms. The van der Waals surface area contributed by atoms with E-state index in [9.17, 15) is 18.0 Å². The van der Waals surface area contributed by atoms with Crippen molar-refractivity contribution >= 4 is 22.1 Å². The van der Waals surface area contributed by atoms with Crippen molar-refractivity contribution in [2.75, 3.05) is 13.2 Å². The van der Waals surface area contributed by atoms with E-state index in [-0.39, 0.29) is 24.0 Å². The van der Waals surface area contributed by atoms with Crippen LogP contribution in [-0.4, -0.2) is 51.3 Å². The van der Waals surface area contributed by atoms with Crippen LogP contribution in [0.2, 0.25) is 0 Å². The molecule has 32 heavy (non-hydrogen) atoms. The minimum absolute atomic E-state index is 0.0683. The number of nitrogens with one attached hydrogen (secondary N) is 2. The molecule has 0 aliphatic heterocycles. The van der Waals surface area contributed by atoms with Crippen LogP contribution in [0.15, 0.2) is 17.0 Å². The minimum atomic E-state index is -4.01. The Kier molecular flexibility index (Phi) is 9.67. The highest BCUT2D eigenvalue weighted by Gasteiger charge is 2.29. The van der Waals surface area contributed by atoms with Crippen LogP contribution in [-0.2, 0) is 24.3 Å². The van der Waals surface area contributed by atoms with Crippen molar-refractivity contribution in [2.45, 2.75) is 78.0 Å². The second-order valence-corrected chi connectivity index (χ2v) is 10.9. The van der Waals surface area contributed by atoms with Crippen LogP contribution in [0, 0.1) is 26.7 Å². The normalized spacial score (nSPS) is 14.1. The summed E-state index contributed by atoms with van der Waals surface area (Å²) in [6.45, 7) is 13.7. The van der Waals surface area contributed by atoms with Crippen molar-refractivity contribution in [3.05, 3.63) is 28.8 Å². The molecule has 0 saturated carbocycles. The van der Waals surface area contributed by atoms with Gasteiger partial charge in [-0.05, 0) is 58.6 Å². The molecule has 182 valence electrons. The van der Waals surface area contributed by atoms with E-state index in [1.54, 1.807) is 46.8 Å². The van der Waals surface area contributed by atoms with Gasteiger partial charge in [0, 0.05) is 6.54 Å². The maximum absolute atomic E-state index is 12.9. The van der Waals surface area contributed by atoms with Gasteiger partial charge in [-0.15, -0.1) is 0 Å². The molecule has 1 aromatic carbocycles. The number of esters is 1. The van der Waals surface area contributed by atoms with Crippen molar-refractivity contribution < 1.29 is 27.5 Å². The van der Waals surface area contributed by atoms with Crippen molar-refractivity contribution in [3.8, 4) is 0 Å². The molecule has 0 aliphatic rings. The Morgan fingerprint density at radius 1 is 1.09 bits per heavy atom. The lowest BCUT2D eigenvalue weighted by Gasteiger charge is -2.26. The molecule has 1 aromatic rings. The topological polar surface area (TPSA) is 137 Å². The summed E-state index contributed by atoms with van der Waals surface area (Å²) in [6, 6.07) is 1.72. The van der Waals surface area contributed by atoms with Gasteiger partial charge in [-0.2, -0.15) is 4.72 Å². The number of carbonyl (C=O) groups excluding carboxylic acids is 2. The highest BCUT2D eigenvalue weighted by molar-refractivity contribution is 7.89. The number of hydrogen-bond acceptors (Lipinski definition) is 7. The van der Waals surface area contributed by atoms with Gasteiger partial charge in [0.25, 0.3) is 0 Å². The Morgan fingerprint density at radius 2 is 1.62 bits per heavy atom. The fourth-order valence-corrected chi connectivity index (χ4v) is 4.81. The molecule has 0 aliphatic carbocycles. The van der Waals surface area contributed by atoms with Gasteiger partial charge in [-0.3, -0.25) is 4.79 Å². The zero-order valence-electron chi connectivity index (χ0n) is 20.2. The molecule has 4 N–H and O–H groups in total. The van der Waals surface area contributed by atoms with Crippen molar-refractivity contribution in [1.29, 1.82) is 0 Å². The quantitative estimate of drug-likeness (QED) is 0.470. The van der Waals surface area contributed by atoms with Crippen LogP contribution in [0.5, 0.6) is 0 Å². The number of ether oxygens (including phenoxy) is 2. The molecule has 9 nitrogen and oxygen atoms in total. The van der Waals surface area contributed by atoms with E-state index in [4.69, 9.17) is 15.2 Å². The number of carbonyl (C=O) groups is 2. The number of nitrogens with two attached hydrogens (primary N) is 1. The lowest BCUT2D eigenvalue weighted by Crippen LogP contribution is -2.49. The summed E-state index contributed by atoms with van der Waals surface area (Å²) in [7, 11) is -4.01. The molecule has 2 unspecified atom stereocenters. The Morgan fingerprint density at radius 3 is 2.06 bits per heavy atom. The molecule has 0 fully saturated rings. The fraction of sp³-hybridized carbons (Fsp3) is 0.636. The van der Waals surface area contributed by atoms with Crippen LogP contribution in [0.3, 0.4) is 0 Å². The molecule has 0 aromatic heterocycles. The lowest BCUT2D eigenvalue weighted by atomic mass is 10.1. The largest absolute Gasteiger partial charge is 0.462 e. The number of sulfonamides is 1. The summed E-state index contributed by atoms with van der Waals surface area (Å²) in [5, 5.41) is 2.67. The zero-order valence-corrected chi connectivity index (χ0v) is 21.1. The molecule has 0 heterocycles. The molecule has 0 bridgehead atoms. The molecular formula is C22H37N3O6S. The maximum atomic E-state index is 12.9. The van der Waals surface area contributed by atoms with Crippen molar-refractivity contribution in [3.63, 3.8) is 0 Å². The molecule has 2 atom stereocenters. The third-order valence-electron chi connectivity index (χ3n) is 4.60. The number of rotatable bonds is 9. The fourth-order valence-electron chi connectivity index (χ4n) is 3.16. The van der Waals surface area contributed by atoms with Gasteiger partial charge in [0.2, 0.25) is 10.0 Å². The monoisotopic (exact) mass is 471 g/mol. The number of hydrogen-bond donors (Lipinski definition) is 3. The van der Waals surface area contributed by atoms with Crippen LogP contribution >= 0.6 is 0 Å².